The summed E-state index contributed by atoms with van der Waals surface area (Å²) in [6.07, 6.45) is 1.33. The molecule has 31 heavy (non-hydrogen) atoms. The Bertz CT molecular complexity index is 1070. The number of nitrogens with zero attached hydrogens (tertiary/aromatic N) is 2. The van der Waals surface area contributed by atoms with Gasteiger partial charge in [-0.1, -0.05) is 66.7 Å². The number of benzene rings is 3. The van der Waals surface area contributed by atoms with E-state index >= 15 is 0 Å². The summed E-state index contributed by atoms with van der Waals surface area (Å²) in [5, 5.41) is 10.2. The lowest BCUT2D eigenvalue weighted by atomic mass is 9.81. The van der Waals surface area contributed by atoms with Gasteiger partial charge in [0.1, 0.15) is 0 Å². The summed E-state index contributed by atoms with van der Waals surface area (Å²) in [5.74, 6) is 0.393. The topological polar surface area (TPSA) is 43.8 Å². The van der Waals surface area contributed by atoms with Crippen LogP contribution in [-0.2, 0) is 11.2 Å². The second kappa shape index (κ2) is 8.20. The standard InChI is InChI=1S/C27H28N2O2/c1-28-24-13-12-21(20-10-6-3-7-11-20)17-23(24)27-22(25(28)18-30)14-15-29(27)26(31)16-19-8-4-2-5-9-19/h2-13,17,22,25,27,30H,14-16,18H2,1H3/t22-,25-,27-/m0/s1. The first-order chi connectivity index (χ1) is 15.2. The molecule has 3 atom stereocenters. The molecule has 1 saturated heterocycles. The van der Waals surface area contributed by atoms with E-state index in [9.17, 15) is 9.90 Å². The first kappa shape index (κ1) is 19.8. The van der Waals surface area contributed by atoms with Gasteiger partial charge in [-0.25, -0.2) is 0 Å². The maximum absolute atomic E-state index is 13.4. The van der Waals surface area contributed by atoms with Crippen LogP contribution in [0.3, 0.4) is 0 Å². The van der Waals surface area contributed by atoms with Crippen molar-refractivity contribution in [2.75, 3.05) is 25.1 Å². The molecule has 0 radical (unpaired) electrons. The molecule has 0 saturated carbocycles. The number of hydrogen-bond acceptors (Lipinski definition) is 3. The van der Waals surface area contributed by atoms with E-state index in [1.165, 1.54) is 11.1 Å². The number of carbonyl (C=O) groups is 1. The Kier molecular flexibility index (Phi) is 5.24. The molecule has 4 heteroatoms. The Morgan fingerprint density at radius 3 is 2.39 bits per heavy atom. The SMILES string of the molecule is CN1c2ccc(-c3ccccc3)cc2[C@@H]2[C@@H](CCN2C(=O)Cc2ccccc2)[C@@H]1CO. The lowest BCUT2D eigenvalue weighted by Crippen LogP contribution is -2.48. The summed E-state index contributed by atoms with van der Waals surface area (Å²) in [6.45, 7) is 0.832. The Balaban J connectivity index is 1.54. The van der Waals surface area contributed by atoms with Gasteiger partial charge in [-0.05, 0) is 40.8 Å². The van der Waals surface area contributed by atoms with E-state index in [-0.39, 0.29) is 30.5 Å². The van der Waals surface area contributed by atoms with Crippen LogP contribution in [0.4, 0.5) is 5.69 Å². The third-order valence-electron chi connectivity index (χ3n) is 6.98. The zero-order valence-electron chi connectivity index (χ0n) is 17.8. The number of amides is 1. The number of anilines is 1. The molecule has 3 aromatic rings. The maximum atomic E-state index is 13.4. The van der Waals surface area contributed by atoms with E-state index in [0.717, 1.165) is 29.8 Å². The number of rotatable bonds is 4. The van der Waals surface area contributed by atoms with Gasteiger partial charge in [-0.3, -0.25) is 4.79 Å². The predicted molar refractivity (Wildman–Crippen MR) is 124 cm³/mol. The van der Waals surface area contributed by atoms with Crippen LogP contribution in [0.5, 0.6) is 0 Å². The maximum Gasteiger partial charge on any atom is 0.227 e. The van der Waals surface area contributed by atoms with Crippen molar-refractivity contribution in [2.24, 2.45) is 5.92 Å². The smallest absolute Gasteiger partial charge is 0.227 e. The van der Waals surface area contributed by atoms with Gasteiger partial charge >= 0.3 is 0 Å². The molecule has 0 spiro atoms. The molecule has 0 bridgehead atoms. The fourth-order valence-corrected chi connectivity index (χ4v) is 5.42. The van der Waals surface area contributed by atoms with Crippen LogP contribution in [0, 0.1) is 5.92 Å². The number of aliphatic hydroxyl groups excluding tert-OH is 1. The van der Waals surface area contributed by atoms with Crippen LogP contribution in [0.25, 0.3) is 11.1 Å². The van der Waals surface area contributed by atoms with E-state index < -0.39 is 0 Å². The van der Waals surface area contributed by atoms with Gasteiger partial charge in [0.2, 0.25) is 5.91 Å². The van der Waals surface area contributed by atoms with Crippen LogP contribution >= 0.6 is 0 Å². The Morgan fingerprint density at radius 2 is 1.68 bits per heavy atom. The van der Waals surface area contributed by atoms with Crippen molar-refractivity contribution in [1.82, 2.24) is 4.90 Å². The zero-order chi connectivity index (χ0) is 21.4. The highest BCUT2D eigenvalue weighted by atomic mass is 16.3. The molecule has 0 aromatic heterocycles. The minimum Gasteiger partial charge on any atom is -0.394 e. The number of likely N-dealkylation sites (tertiary alicyclic amines) is 1. The highest BCUT2D eigenvalue weighted by molar-refractivity contribution is 5.81. The summed E-state index contributed by atoms with van der Waals surface area (Å²) in [4.78, 5) is 17.6. The molecule has 4 nitrogen and oxygen atoms in total. The highest BCUT2D eigenvalue weighted by Gasteiger charge is 2.47. The Hall–Kier alpha value is -3.11. The average Bonchev–Trinajstić information content (AvgIpc) is 3.26. The van der Waals surface area contributed by atoms with Crippen molar-refractivity contribution in [3.8, 4) is 11.1 Å². The molecule has 1 amide bonds. The zero-order valence-corrected chi connectivity index (χ0v) is 17.8. The van der Waals surface area contributed by atoms with Gasteiger partial charge in [0.15, 0.2) is 0 Å². The predicted octanol–water partition coefficient (Wildman–Crippen LogP) is 4.30. The van der Waals surface area contributed by atoms with Gasteiger partial charge in [0.25, 0.3) is 0 Å². The number of fused-ring (bicyclic) bond motifs is 3. The molecule has 2 aliphatic rings. The van der Waals surface area contributed by atoms with Crippen molar-refractivity contribution in [3.05, 3.63) is 90.0 Å². The quantitative estimate of drug-likeness (QED) is 0.695. The molecule has 2 heterocycles. The second-order valence-electron chi connectivity index (χ2n) is 8.65. The Morgan fingerprint density at radius 1 is 0.968 bits per heavy atom. The summed E-state index contributed by atoms with van der Waals surface area (Å²) in [5.41, 5.74) is 5.68. The molecular weight excluding hydrogens is 384 g/mol. The summed E-state index contributed by atoms with van der Waals surface area (Å²) >= 11 is 0. The van der Waals surface area contributed by atoms with E-state index in [2.05, 4.69) is 59.3 Å². The van der Waals surface area contributed by atoms with Crippen molar-refractivity contribution < 1.29 is 9.90 Å². The number of likely N-dealkylation sites (N-methyl/N-ethyl adjacent to an activating group) is 1. The van der Waals surface area contributed by atoms with Crippen LogP contribution in [0.1, 0.15) is 23.6 Å². The van der Waals surface area contributed by atoms with E-state index in [0.29, 0.717) is 6.42 Å². The fourth-order valence-electron chi connectivity index (χ4n) is 5.42. The molecule has 1 fully saturated rings. The molecule has 0 unspecified atom stereocenters. The molecular formula is C27H28N2O2. The lowest BCUT2D eigenvalue weighted by Gasteiger charge is -2.44. The highest BCUT2D eigenvalue weighted by Crippen LogP contribution is 2.49. The largest absolute Gasteiger partial charge is 0.394 e. The van der Waals surface area contributed by atoms with Crippen molar-refractivity contribution in [2.45, 2.75) is 24.9 Å². The summed E-state index contributed by atoms with van der Waals surface area (Å²) < 4.78 is 0. The van der Waals surface area contributed by atoms with Crippen molar-refractivity contribution >= 4 is 11.6 Å². The fraction of sp³-hybridized carbons (Fsp3) is 0.296. The minimum absolute atomic E-state index is 0.00299. The molecule has 3 aromatic carbocycles. The van der Waals surface area contributed by atoms with Gasteiger partial charge < -0.3 is 14.9 Å². The van der Waals surface area contributed by atoms with Gasteiger partial charge in [-0.15, -0.1) is 0 Å². The summed E-state index contributed by atoms with van der Waals surface area (Å²) in [6, 6.07) is 26.9. The third-order valence-corrected chi connectivity index (χ3v) is 6.98. The third kappa shape index (κ3) is 3.51. The van der Waals surface area contributed by atoms with E-state index in [4.69, 9.17) is 0 Å². The van der Waals surface area contributed by atoms with Crippen LogP contribution in [0.15, 0.2) is 78.9 Å². The monoisotopic (exact) mass is 412 g/mol. The molecule has 158 valence electrons. The molecule has 1 N–H and O–H groups in total. The minimum atomic E-state index is 0.00299. The van der Waals surface area contributed by atoms with E-state index in [1.54, 1.807) is 0 Å². The Labute approximate surface area is 183 Å². The summed E-state index contributed by atoms with van der Waals surface area (Å²) in [7, 11) is 2.06. The second-order valence-corrected chi connectivity index (χ2v) is 8.65. The number of hydrogen-bond donors (Lipinski definition) is 1. The molecule has 2 aliphatic heterocycles. The van der Waals surface area contributed by atoms with Crippen LogP contribution in [0.2, 0.25) is 0 Å². The molecule has 0 aliphatic carbocycles. The van der Waals surface area contributed by atoms with Crippen molar-refractivity contribution in [1.29, 1.82) is 0 Å². The number of aliphatic hydroxyl groups is 1. The normalized spacial score (nSPS) is 22.2. The lowest BCUT2D eigenvalue weighted by molar-refractivity contribution is -0.132. The van der Waals surface area contributed by atoms with Crippen molar-refractivity contribution in [3.63, 3.8) is 0 Å². The first-order valence-electron chi connectivity index (χ1n) is 11.0. The average molecular weight is 413 g/mol. The van der Waals surface area contributed by atoms with Gasteiger partial charge in [0.05, 0.1) is 25.1 Å². The molecule has 5 rings (SSSR count). The van der Waals surface area contributed by atoms with Gasteiger partial charge in [0, 0.05) is 25.2 Å². The van der Waals surface area contributed by atoms with Crippen LogP contribution in [-0.4, -0.2) is 42.2 Å². The first-order valence-corrected chi connectivity index (χ1v) is 11.0. The van der Waals surface area contributed by atoms with Gasteiger partial charge in [-0.2, -0.15) is 0 Å². The van der Waals surface area contributed by atoms with Crippen LogP contribution < -0.4 is 4.90 Å². The number of carbonyl (C=O) groups excluding carboxylic acids is 1. The van der Waals surface area contributed by atoms with E-state index in [1.807, 2.05) is 36.4 Å².